The number of ketones is 1. The average molecular weight is 168 g/mol. The van der Waals surface area contributed by atoms with E-state index in [0.29, 0.717) is 0 Å². The van der Waals surface area contributed by atoms with Crippen LogP contribution in [0.5, 0.6) is 0 Å². The number of hydrogen-bond donors (Lipinski definition) is 0. The van der Waals surface area contributed by atoms with Crippen molar-refractivity contribution in [2.24, 2.45) is 10.9 Å². The Balaban J connectivity index is 2.96. The van der Waals surface area contributed by atoms with Crippen LogP contribution in [0.25, 0.3) is 0 Å². The fourth-order valence-corrected chi connectivity index (χ4v) is 0.870. The average Bonchev–Trinajstić information content (AvgIpc) is 2.00. The summed E-state index contributed by atoms with van der Waals surface area (Å²) in [7, 11) is 1.30. The molecule has 1 heterocycles. The van der Waals surface area contributed by atoms with Crippen molar-refractivity contribution < 1.29 is 14.4 Å². The number of carbonyl (C=O) groups is 3. The van der Waals surface area contributed by atoms with Crippen LogP contribution in [0.3, 0.4) is 0 Å². The van der Waals surface area contributed by atoms with Crippen molar-refractivity contribution in [2.45, 2.75) is 6.92 Å². The molecule has 0 saturated heterocycles. The maximum absolute atomic E-state index is 11.2. The molecule has 0 bridgehead atoms. The third-order valence-electron chi connectivity index (χ3n) is 1.66. The Morgan fingerprint density at radius 2 is 2.17 bits per heavy atom. The second kappa shape index (κ2) is 2.84. The van der Waals surface area contributed by atoms with Crippen LogP contribution >= 0.6 is 0 Å². The molecule has 12 heavy (non-hydrogen) atoms. The third-order valence-corrected chi connectivity index (χ3v) is 1.66. The second-order valence-corrected chi connectivity index (χ2v) is 2.55. The summed E-state index contributed by atoms with van der Waals surface area (Å²) < 4.78 is 0. The molecule has 0 spiro atoms. The van der Waals surface area contributed by atoms with Gasteiger partial charge in [-0.1, -0.05) is 0 Å². The minimum Gasteiger partial charge on any atom is -0.299 e. The molecule has 0 fully saturated rings. The summed E-state index contributed by atoms with van der Waals surface area (Å²) in [5, 5.41) is 0. The van der Waals surface area contributed by atoms with Crippen LogP contribution in [0.15, 0.2) is 4.99 Å². The van der Waals surface area contributed by atoms with E-state index < -0.39 is 17.9 Å². The molecule has 1 aliphatic rings. The van der Waals surface area contributed by atoms with Gasteiger partial charge in [0.05, 0.1) is 0 Å². The van der Waals surface area contributed by atoms with Crippen LogP contribution in [0.1, 0.15) is 6.92 Å². The molecule has 1 rings (SSSR count). The molecule has 0 radical (unpaired) electrons. The first-order valence-corrected chi connectivity index (χ1v) is 3.40. The Morgan fingerprint density at radius 1 is 1.58 bits per heavy atom. The highest BCUT2D eigenvalue weighted by atomic mass is 16.2. The standard InChI is InChI=1S/C7H8N2O3/c1-4(10)5-3-8-7(12)9(2)6(5)11/h3,5H,1-2H3. The molecular weight excluding hydrogens is 160 g/mol. The van der Waals surface area contributed by atoms with Crippen molar-refractivity contribution in [1.29, 1.82) is 0 Å². The van der Waals surface area contributed by atoms with Gasteiger partial charge in [0.2, 0.25) is 5.91 Å². The fraction of sp³-hybridized carbons (Fsp3) is 0.429. The summed E-state index contributed by atoms with van der Waals surface area (Å²) in [6.07, 6.45) is 1.09. The number of amides is 3. The van der Waals surface area contributed by atoms with E-state index in [4.69, 9.17) is 0 Å². The Labute approximate surface area is 69.1 Å². The molecule has 3 amide bonds. The van der Waals surface area contributed by atoms with Crippen LogP contribution in [-0.4, -0.2) is 35.9 Å². The van der Waals surface area contributed by atoms with Gasteiger partial charge in [-0.15, -0.1) is 0 Å². The van der Waals surface area contributed by atoms with Gasteiger partial charge in [-0.05, 0) is 6.92 Å². The zero-order chi connectivity index (χ0) is 9.30. The molecule has 0 aliphatic carbocycles. The summed E-state index contributed by atoms with van der Waals surface area (Å²) in [6.45, 7) is 1.29. The van der Waals surface area contributed by atoms with Gasteiger partial charge in [-0.3, -0.25) is 14.5 Å². The predicted molar refractivity (Wildman–Crippen MR) is 40.8 cm³/mol. The Kier molecular flexibility index (Phi) is 2.03. The number of imide groups is 1. The molecule has 5 nitrogen and oxygen atoms in total. The van der Waals surface area contributed by atoms with Crippen LogP contribution in [0.2, 0.25) is 0 Å². The number of carbonyl (C=O) groups excluding carboxylic acids is 3. The lowest BCUT2D eigenvalue weighted by molar-refractivity contribution is -0.134. The topological polar surface area (TPSA) is 66.8 Å². The quantitative estimate of drug-likeness (QED) is 0.511. The minimum absolute atomic E-state index is 0.303. The molecular formula is C7H8N2O3. The second-order valence-electron chi connectivity index (χ2n) is 2.55. The molecule has 1 aliphatic heterocycles. The number of Topliss-reactive ketones (excluding diaryl/α,β-unsaturated/α-hetero) is 1. The zero-order valence-electron chi connectivity index (χ0n) is 6.77. The van der Waals surface area contributed by atoms with E-state index in [2.05, 4.69) is 4.99 Å². The van der Waals surface area contributed by atoms with E-state index >= 15 is 0 Å². The number of hydrogen-bond acceptors (Lipinski definition) is 3. The first-order valence-electron chi connectivity index (χ1n) is 3.40. The summed E-state index contributed by atoms with van der Waals surface area (Å²) in [5.74, 6) is -1.70. The number of aliphatic imine (C=N–C) groups is 1. The maximum atomic E-state index is 11.2. The number of urea groups is 1. The molecule has 64 valence electrons. The van der Waals surface area contributed by atoms with Crippen LogP contribution < -0.4 is 0 Å². The normalized spacial score (nSPS) is 23.2. The van der Waals surface area contributed by atoms with Crippen LogP contribution in [0, 0.1) is 5.92 Å². The van der Waals surface area contributed by atoms with Gasteiger partial charge in [0.25, 0.3) is 0 Å². The van der Waals surface area contributed by atoms with Gasteiger partial charge in [-0.2, -0.15) is 0 Å². The van der Waals surface area contributed by atoms with Crippen molar-refractivity contribution in [3.63, 3.8) is 0 Å². The van der Waals surface area contributed by atoms with E-state index in [1.54, 1.807) is 0 Å². The Bertz CT molecular complexity index is 282. The molecule has 0 aromatic rings. The van der Waals surface area contributed by atoms with Crippen LogP contribution in [0.4, 0.5) is 4.79 Å². The molecule has 0 aromatic carbocycles. The van der Waals surface area contributed by atoms with Gasteiger partial charge in [0.1, 0.15) is 11.7 Å². The monoisotopic (exact) mass is 168 g/mol. The predicted octanol–water partition coefficient (Wildman–Crippen LogP) is -0.146. The smallest absolute Gasteiger partial charge is 0.299 e. The number of nitrogens with zero attached hydrogens (tertiary/aromatic N) is 2. The highest BCUT2D eigenvalue weighted by Crippen LogP contribution is 2.07. The van der Waals surface area contributed by atoms with Crippen molar-refractivity contribution in [3.05, 3.63) is 0 Å². The fourth-order valence-electron chi connectivity index (χ4n) is 0.870. The van der Waals surface area contributed by atoms with Crippen molar-refractivity contribution in [2.75, 3.05) is 7.05 Å². The van der Waals surface area contributed by atoms with Gasteiger partial charge in [0, 0.05) is 13.3 Å². The SMILES string of the molecule is CC(=O)C1C=NC(=O)N(C)C1=O. The summed E-state index contributed by atoms with van der Waals surface area (Å²) in [4.78, 5) is 37.0. The van der Waals surface area contributed by atoms with E-state index in [9.17, 15) is 14.4 Å². The van der Waals surface area contributed by atoms with Gasteiger partial charge >= 0.3 is 6.03 Å². The summed E-state index contributed by atoms with van der Waals surface area (Å²) >= 11 is 0. The van der Waals surface area contributed by atoms with Crippen molar-refractivity contribution in [1.82, 2.24) is 4.90 Å². The van der Waals surface area contributed by atoms with Crippen molar-refractivity contribution in [3.8, 4) is 0 Å². The van der Waals surface area contributed by atoms with Crippen LogP contribution in [-0.2, 0) is 9.59 Å². The maximum Gasteiger partial charge on any atom is 0.349 e. The van der Waals surface area contributed by atoms with E-state index in [0.717, 1.165) is 11.1 Å². The molecule has 0 aromatic heterocycles. The highest BCUT2D eigenvalue weighted by molar-refractivity contribution is 6.20. The molecule has 1 unspecified atom stereocenters. The lowest BCUT2D eigenvalue weighted by Crippen LogP contribution is -2.43. The van der Waals surface area contributed by atoms with Crippen molar-refractivity contribution >= 4 is 23.9 Å². The molecule has 0 N–H and O–H groups in total. The molecule has 0 saturated carbocycles. The third kappa shape index (κ3) is 1.25. The first kappa shape index (κ1) is 8.58. The lowest BCUT2D eigenvalue weighted by Gasteiger charge is -2.19. The first-order chi connectivity index (χ1) is 5.54. The largest absolute Gasteiger partial charge is 0.349 e. The summed E-state index contributed by atoms with van der Waals surface area (Å²) in [6, 6.07) is -0.627. The van der Waals surface area contributed by atoms with Gasteiger partial charge in [0.15, 0.2) is 0 Å². The zero-order valence-corrected chi connectivity index (χ0v) is 6.77. The molecule has 1 atom stereocenters. The molecule has 5 heteroatoms. The lowest BCUT2D eigenvalue weighted by atomic mass is 10.0. The van der Waals surface area contributed by atoms with Gasteiger partial charge < -0.3 is 0 Å². The summed E-state index contributed by atoms with van der Waals surface area (Å²) in [5.41, 5.74) is 0. The Morgan fingerprint density at radius 3 is 2.67 bits per heavy atom. The van der Waals surface area contributed by atoms with E-state index in [1.807, 2.05) is 0 Å². The minimum atomic E-state index is -0.882. The van der Waals surface area contributed by atoms with E-state index in [1.165, 1.54) is 14.0 Å². The number of rotatable bonds is 1. The Hall–Kier alpha value is -1.52. The van der Waals surface area contributed by atoms with E-state index in [-0.39, 0.29) is 5.78 Å². The van der Waals surface area contributed by atoms with Gasteiger partial charge in [-0.25, -0.2) is 9.79 Å². The highest BCUT2D eigenvalue weighted by Gasteiger charge is 2.31.